The van der Waals surface area contributed by atoms with Crippen molar-refractivity contribution in [3.05, 3.63) is 197 Å². The molecule has 2 aliphatic heterocycles. The summed E-state index contributed by atoms with van der Waals surface area (Å²) in [4.78, 5) is 150. The van der Waals surface area contributed by atoms with Crippen LogP contribution in [-0.4, -0.2) is 256 Å². The van der Waals surface area contributed by atoms with Crippen LogP contribution in [0.2, 0.25) is 0 Å². The monoisotopic (exact) mass is 1830 g/mol. The van der Waals surface area contributed by atoms with Gasteiger partial charge in [0.15, 0.2) is 28.2 Å². The number of hydrogen-bond donors (Lipinski definition) is 18. The van der Waals surface area contributed by atoms with Gasteiger partial charge in [-0.3, -0.25) is 48.6 Å². The van der Waals surface area contributed by atoms with E-state index in [0.29, 0.717) is 109 Å². The smallest absolute Gasteiger partial charge is 0.340 e. The number of rotatable bonds is 53. The van der Waals surface area contributed by atoms with Crippen LogP contribution < -0.4 is 73.7 Å². The molecule has 0 aliphatic carbocycles. The van der Waals surface area contributed by atoms with E-state index in [4.69, 9.17) is 70.7 Å². The largest absolute Gasteiger partial charge is 0.508 e. The van der Waals surface area contributed by atoms with Crippen LogP contribution in [0.3, 0.4) is 0 Å². The fourth-order valence-electron chi connectivity index (χ4n) is 14.4. The highest BCUT2D eigenvalue weighted by Gasteiger charge is 2.54. The summed E-state index contributed by atoms with van der Waals surface area (Å²) in [7, 11) is 0. The number of carbonyl (C=O) groups is 10. The van der Waals surface area contributed by atoms with E-state index in [-0.39, 0.29) is 138 Å². The summed E-state index contributed by atoms with van der Waals surface area (Å²) >= 11 is 5.49. The van der Waals surface area contributed by atoms with Gasteiger partial charge >= 0.3 is 11.9 Å². The molecule has 131 heavy (non-hydrogen) atoms. The van der Waals surface area contributed by atoms with Crippen molar-refractivity contribution in [2.24, 2.45) is 11.7 Å². The van der Waals surface area contributed by atoms with Crippen LogP contribution in [0.25, 0.3) is 21.8 Å². The van der Waals surface area contributed by atoms with Crippen molar-refractivity contribution in [3.63, 3.8) is 0 Å². The van der Waals surface area contributed by atoms with Crippen LogP contribution in [0.4, 0.5) is 10.1 Å². The van der Waals surface area contributed by atoms with Gasteiger partial charge in [0.25, 0.3) is 5.91 Å². The molecule has 0 radical (unpaired) electrons. The molecule has 2 aliphatic rings. The van der Waals surface area contributed by atoms with E-state index in [1.54, 1.807) is 62.8 Å². The molecule has 9 aromatic rings. The third kappa shape index (κ3) is 28.7. The normalized spacial score (nSPS) is 13.3. The molecular formula is C90H108FN17O22S. The number of aromatic nitrogens is 4. The topological polar surface area (TPSA) is 546 Å². The van der Waals surface area contributed by atoms with Gasteiger partial charge in [-0.15, -0.1) is 0 Å². The SMILES string of the molecule is CC(=O)N[C@@H](Cc1c[nH]cn1)C(=O)N[C@@H](Cc1c[nH]c2ccccc12)C(=O)N[C@@H](CCCNC(=N)N)C(=O)NCC(=O)N[C@@H](Cc1c[nH]c2ccccc12)C(=O)N[C@H](C(=O)NCCOCCNC(=O)c1ccc(OC(=O)CCOCCOCCOCCOCCOCCOCCNC(=S)Nc2ccc3c(c2)C(=O)OC32c3ccc(O)cc3Oc3cc(O)ccc32)c(F)c1)C(C)C. The number of amides is 8. The van der Waals surface area contributed by atoms with Crippen LogP contribution in [0, 0.1) is 17.1 Å². The minimum atomic E-state index is -1.38. The molecule has 39 nitrogen and oxygen atoms in total. The molecule has 0 bridgehead atoms. The molecule has 698 valence electrons. The van der Waals surface area contributed by atoms with Crippen molar-refractivity contribution in [2.75, 3.05) is 131 Å². The Labute approximate surface area is 757 Å². The number of hydrogen-bond acceptors (Lipinski definition) is 25. The number of anilines is 1. The molecule has 0 saturated carbocycles. The maximum absolute atomic E-state index is 15.1. The van der Waals surface area contributed by atoms with E-state index in [9.17, 15) is 58.2 Å². The Morgan fingerprint density at radius 2 is 1.09 bits per heavy atom. The van der Waals surface area contributed by atoms with E-state index in [0.717, 1.165) is 33.9 Å². The number of halogens is 1. The van der Waals surface area contributed by atoms with E-state index in [2.05, 4.69) is 78.4 Å². The standard InChI is InChI=1S/C90H108FN17O22S/c1-53(2)80(108-85(118)72(42-56-48-99-69-11-6-4-9-62(56)69)105-78(112)51-101-82(115)71(13-8-23-97-88(92)93)106-83(116)73(43-57-49-100-70-12-7-5-10-63(57)70)107-84(117)74(103-54(3)109)45-59-50-94-52-102-59)86(119)96-25-29-122-28-24-95-81(114)55-14-21-75(68(91)41-55)129-79(113)22-27-121-31-33-124-35-37-126-39-40-127-38-36-125-34-32-123-30-26-98-89(131)104-58-15-18-65-64(44-58)87(120)130-90(65)66-19-16-60(110)46-76(66)128-77-47-61(111)17-20-67(77)90/h4-7,9-12,14-21,41,44,46-50,52-53,71-74,80,99-100,110-111H,8,13,22-40,42-43,45,51H2,1-3H3,(H,94,102)(H,95,114)(H,96,119)(H,101,115)(H,103,109)(H,105,112)(H,106,116)(H,107,117)(H,108,118)(H4,92,93,97)(H2,98,104,131)/t71-,72-,73-,74-,80-/m0/s1. The Bertz CT molecular complexity index is 5410. The van der Waals surface area contributed by atoms with Gasteiger partial charge in [-0.2, -0.15) is 0 Å². The average Bonchev–Trinajstić information content (AvgIpc) is 1.55. The number of imidazole rings is 1. The number of aromatic amines is 3. The molecule has 11 rings (SSSR count). The van der Waals surface area contributed by atoms with Gasteiger partial charge in [-0.05, 0) is 109 Å². The lowest BCUT2D eigenvalue weighted by atomic mass is 9.77. The highest BCUT2D eigenvalue weighted by molar-refractivity contribution is 7.80. The highest BCUT2D eigenvalue weighted by atomic mass is 32.1. The van der Waals surface area contributed by atoms with E-state index in [1.807, 2.05) is 48.5 Å². The lowest BCUT2D eigenvalue weighted by molar-refractivity contribution is -0.136. The average molecular weight is 1830 g/mol. The number of fused-ring (bicyclic) bond motifs is 8. The predicted molar refractivity (Wildman–Crippen MR) is 479 cm³/mol. The number of ether oxygens (including phenoxy) is 10. The summed E-state index contributed by atoms with van der Waals surface area (Å²) in [6.07, 6.45) is 6.13. The first-order valence-corrected chi connectivity index (χ1v) is 43.0. The minimum absolute atomic E-state index is 0.0119. The molecule has 5 heterocycles. The number of nitrogens with one attached hydrogen (secondary N) is 15. The molecule has 1 spiro atoms. The molecule has 6 aromatic carbocycles. The quantitative estimate of drug-likeness (QED) is 0.00641. The summed E-state index contributed by atoms with van der Waals surface area (Å²) in [6, 6.07) is 26.0. The van der Waals surface area contributed by atoms with Crippen LogP contribution in [0.5, 0.6) is 28.7 Å². The predicted octanol–water partition coefficient (Wildman–Crippen LogP) is 3.94. The molecule has 5 atom stereocenters. The number of carbonyl (C=O) groups excluding carboxylic acids is 10. The molecular weight excluding hydrogens is 1720 g/mol. The number of nitrogens with zero attached hydrogens (tertiary/aromatic N) is 1. The second kappa shape index (κ2) is 49.2. The first-order valence-electron chi connectivity index (χ1n) is 42.6. The summed E-state index contributed by atoms with van der Waals surface area (Å²) < 4.78 is 71.4. The Kier molecular flexibility index (Phi) is 36.8. The number of benzene rings is 6. The number of H-pyrrole nitrogens is 3. The molecule has 8 amide bonds. The molecule has 0 saturated heterocycles. The van der Waals surface area contributed by atoms with E-state index < -0.39 is 113 Å². The Morgan fingerprint density at radius 1 is 0.557 bits per heavy atom. The third-order valence-corrected chi connectivity index (χ3v) is 21.0. The van der Waals surface area contributed by atoms with Gasteiger partial charge in [0.2, 0.25) is 41.4 Å². The number of phenols is 2. The number of para-hydroxylation sites is 2. The molecule has 0 fully saturated rings. The second-order valence-corrected chi connectivity index (χ2v) is 31.1. The van der Waals surface area contributed by atoms with Crippen molar-refractivity contribution in [2.45, 2.75) is 95.1 Å². The number of guanidine groups is 1. The minimum Gasteiger partial charge on any atom is -0.508 e. The summed E-state index contributed by atoms with van der Waals surface area (Å²) in [5.41, 5.74) is 9.81. The lowest BCUT2D eigenvalue weighted by Gasteiger charge is -2.36. The van der Waals surface area contributed by atoms with Crippen molar-refractivity contribution in [1.82, 2.24) is 73.1 Å². The van der Waals surface area contributed by atoms with Gasteiger partial charge in [-0.1, -0.05) is 56.3 Å². The molecule has 0 unspecified atom stereocenters. The molecule has 3 aromatic heterocycles. The van der Waals surface area contributed by atoms with Gasteiger partial charge in [0, 0.05) is 133 Å². The lowest BCUT2D eigenvalue weighted by Crippen LogP contribution is -2.58. The van der Waals surface area contributed by atoms with Crippen molar-refractivity contribution >= 4 is 110 Å². The third-order valence-electron chi connectivity index (χ3n) is 20.8. The fraction of sp³-hybridized carbons (Fsp3) is 0.389. The van der Waals surface area contributed by atoms with Crippen LogP contribution >= 0.6 is 12.2 Å². The number of esters is 2. The van der Waals surface area contributed by atoms with Gasteiger partial charge in [0.05, 0.1) is 123 Å². The summed E-state index contributed by atoms with van der Waals surface area (Å²) in [6.45, 7) is 7.78. The van der Waals surface area contributed by atoms with Gasteiger partial charge in [-0.25, -0.2) is 14.2 Å². The van der Waals surface area contributed by atoms with Gasteiger partial charge in [0.1, 0.15) is 53.2 Å². The Balaban J connectivity index is 0.520. The van der Waals surface area contributed by atoms with Crippen molar-refractivity contribution in [3.8, 4) is 28.7 Å². The zero-order valence-electron chi connectivity index (χ0n) is 72.4. The first-order chi connectivity index (χ1) is 63.3. The number of thiocarbonyl (C=S) groups is 1. The fourth-order valence-corrected chi connectivity index (χ4v) is 14.7. The number of aromatic hydroxyl groups is 2. The maximum atomic E-state index is 15.1. The van der Waals surface area contributed by atoms with E-state index in [1.165, 1.54) is 43.6 Å². The number of phenolic OH excluding ortho intramolecular Hbond substituents is 2. The summed E-state index contributed by atoms with van der Waals surface area (Å²) in [5.74, 6) is -8.62. The second-order valence-electron chi connectivity index (χ2n) is 30.7. The first kappa shape index (κ1) is 97.9. The Hall–Kier alpha value is -13.7. The Morgan fingerprint density at radius 3 is 1.66 bits per heavy atom. The maximum Gasteiger partial charge on any atom is 0.340 e. The highest BCUT2D eigenvalue weighted by Crippen LogP contribution is 2.57. The summed E-state index contributed by atoms with van der Waals surface area (Å²) in [5, 5.41) is 60.3. The number of nitrogens with two attached hydrogens (primary N) is 1. The van der Waals surface area contributed by atoms with Crippen molar-refractivity contribution in [1.29, 1.82) is 5.41 Å². The van der Waals surface area contributed by atoms with Crippen LogP contribution in [0.15, 0.2) is 146 Å². The van der Waals surface area contributed by atoms with Crippen LogP contribution in [-0.2, 0) is 101 Å². The zero-order chi connectivity index (χ0) is 93.2. The van der Waals surface area contributed by atoms with Gasteiger partial charge < -0.3 is 137 Å². The van der Waals surface area contributed by atoms with E-state index >= 15 is 4.39 Å². The zero-order valence-corrected chi connectivity index (χ0v) is 73.2. The molecule has 41 heteroatoms. The van der Waals surface area contributed by atoms with Crippen molar-refractivity contribution < 1.29 is 110 Å². The van der Waals surface area contributed by atoms with Crippen LogP contribution in [0.1, 0.15) is 94.3 Å². The molecule has 19 N–H and O–H groups in total.